The highest BCUT2D eigenvalue weighted by molar-refractivity contribution is 4.74. The quantitative estimate of drug-likeness (QED) is 0.745. The summed E-state index contributed by atoms with van der Waals surface area (Å²) in [7, 11) is 0. The van der Waals surface area contributed by atoms with Crippen LogP contribution in [0.4, 0.5) is 8.78 Å². The van der Waals surface area contributed by atoms with Gasteiger partial charge in [0.2, 0.25) is 0 Å². The van der Waals surface area contributed by atoms with Crippen molar-refractivity contribution in [3.8, 4) is 0 Å². The maximum Gasteiger partial charge on any atom is 0.368 e. The Balaban J connectivity index is 2.32. The molecule has 1 aliphatic rings. The molecule has 14 heavy (non-hydrogen) atoms. The van der Waals surface area contributed by atoms with Crippen LogP contribution in [0, 0.1) is 0 Å². The zero-order chi connectivity index (χ0) is 10.8. The molecule has 84 valence electrons. The van der Waals surface area contributed by atoms with Crippen LogP contribution in [0.3, 0.4) is 0 Å². The van der Waals surface area contributed by atoms with E-state index in [1.165, 1.54) is 0 Å². The molecule has 0 aromatic heterocycles. The summed E-state index contributed by atoms with van der Waals surface area (Å²) in [5.41, 5.74) is -0.323. The fourth-order valence-corrected chi connectivity index (χ4v) is 1.14. The topological polar surface area (TPSA) is 30.5 Å². The molecule has 1 heterocycles. The lowest BCUT2D eigenvalue weighted by molar-refractivity contribution is -0.283. The van der Waals surface area contributed by atoms with Gasteiger partial charge in [-0.2, -0.15) is 8.78 Å². The monoisotopic (exact) mass is 209 g/mol. The Morgan fingerprint density at radius 2 is 2.14 bits per heavy atom. The molecule has 0 aromatic carbocycles. The number of ether oxygens (including phenoxy) is 2. The van der Waals surface area contributed by atoms with Crippen LogP contribution in [0.25, 0.3) is 0 Å². The fraction of sp³-hybridized carbons (Fsp3) is 1.00. The van der Waals surface area contributed by atoms with E-state index in [1.807, 2.05) is 20.8 Å². The van der Waals surface area contributed by atoms with E-state index in [0.717, 1.165) is 0 Å². The van der Waals surface area contributed by atoms with Crippen LogP contribution in [0.15, 0.2) is 0 Å². The predicted molar refractivity (Wildman–Crippen MR) is 48.4 cm³/mol. The van der Waals surface area contributed by atoms with Gasteiger partial charge in [-0.25, -0.2) is 0 Å². The minimum Gasteiger partial charge on any atom is -0.373 e. The Morgan fingerprint density at radius 3 is 2.64 bits per heavy atom. The lowest BCUT2D eigenvalue weighted by Crippen LogP contribution is -2.51. The molecule has 0 radical (unpaired) electrons. The largest absolute Gasteiger partial charge is 0.373 e. The molecule has 1 saturated heterocycles. The highest BCUT2D eigenvalue weighted by atomic mass is 19.3. The van der Waals surface area contributed by atoms with Crippen LogP contribution >= 0.6 is 0 Å². The Labute approximate surface area is 82.8 Å². The molecule has 3 nitrogen and oxygen atoms in total. The van der Waals surface area contributed by atoms with Crippen molar-refractivity contribution < 1.29 is 18.3 Å². The molecular weight excluding hydrogens is 192 g/mol. The van der Waals surface area contributed by atoms with Crippen LogP contribution in [-0.2, 0) is 9.47 Å². The molecule has 5 heteroatoms. The molecule has 1 rings (SSSR count). The molecule has 0 aliphatic carbocycles. The highest BCUT2D eigenvalue weighted by Gasteiger charge is 2.37. The lowest BCUT2D eigenvalue weighted by Gasteiger charge is -2.32. The summed E-state index contributed by atoms with van der Waals surface area (Å²) >= 11 is 0. The molecule has 0 unspecified atom stereocenters. The van der Waals surface area contributed by atoms with Gasteiger partial charge >= 0.3 is 6.11 Å². The third-order valence-corrected chi connectivity index (χ3v) is 1.74. The van der Waals surface area contributed by atoms with E-state index in [0.29, 0.717) is 6.54 Å². The second kappa shape index (κ2) is 4.08. The molecule has 1 N–H and O–H groups in total. The maximum absolute atomic E-state index is 12.7. The number of morpholine rings is 1. The third kappa shape index (κ3) is 4.30. The third-order valence-electron chi connectivity index (χ3n) is 1.74. The smallest absolute Gasteiger partial charge is 0.368 e. The normalized spacial score (nSPS) is 27.6. The Kier molecular flexibility index (Phi) is 3.44. The fourth-order valence-electron chi connectivity index (χ4n) is 1.14. The molecule has 0 spiro atoms. The van der Waals surface area contributed by atoms with Crippen molar-refractivity contribution in [1.82, 2.24) is 5.32 Å². The SMILES string of the molecule is CC(C)(C)OC[C@@H]1CNCC(F)(F)O1. The maximum atomic E-state index is 12.7. The van der Waals surface area contributed by atoms with E-state index >= 15 is 0 Å². The first-order chi connectivity index (χ1) is 6.29. The minimum absolute atomic E-state index is 0.187. The van der Waals surface area contributed by atoms with Gasteiger partial charge in [0.05, 0.1) is 24.9 Å². The summed E-state index contributed by atoms with van der Waals surface area (Å²) in [6.07, 6.45) is -3.64. The van der Waals surface area contributed by atoms with Gasteiger partial charge in [-0.3, -0.25) is 0 Å². The van der Waals surface area contributed by atoms with Gasteiger partial charge < -0.3 is 14.8 Å². The zero-order valence-electron chi connectivity index (χ0n) is 8.77. The summed E-state index contributed by atoms with van der Waals surface area (Å²) in [6.45, 7) is 5.81. The van der Waals surface area contributed by atoms with E-state index < -0.39 is 18.8 Å². The van der Waals surface area contributed by atoms with Crippen molar-refractivity contribution in [3.63, 3.8) is 0 Å². The first-order valence-corrected chi connectivity index (χ1v) is 4.69. The number of hydrogen-bond donors (Lipinski definition) is 1. The molecule has 1 fully saturated rings. The molecule has 0 saturated carbocycles. The van der Waals surface area contributed by atoms with Gasteiger partial charge in [0.15, 0.2) is 0 Å². The number of halogens is 2. The second-order valence-electron chi connectivity index (χ2n) is 4.43. The lowest BCUT2D eigenvalue weighted by atomic mass is 10.2. The van der Waals surface area contributed by atoms with Gasteiger partial charge in [-0.1, -0.05) is 0 Å². The van der Waals surface area contributed by atoms with Crippen molar-refractivity contribution in [2.75, 3.05) is 19.7 Å². The molecule has 0 bridgehead atoms. The standard InChI is InChI=1S/C9H17F2NO2/c1-8(2,3)13-5-7-4-12-6-9(10,11)14-7/h7,12H,4-6H2,1-3H3/t7-/m0/s1. The summed E-state index contributed by atoms with van der Waals surface area (Å²) in [6, 6.07) is 0. The first kappa shape index (κ1) is 11.8. The predicted octanol–water partition coefficient (Wildman–Crippen LogP) is 1.38. The second-order valence-corrected chi connectivity index (χ2v) is 4.43. The summed E-state index contributed by atoms with van der Waals surface area (Å²) in [5.74, 6) is 0. The first-order valence-electron chi connectivity index (χ1n) is 4.69. The van der Waals surface area contributed by atoms with Crippen molar-refractivity contribution in [2.45, 2.75) is 38.6 Å². The van der Waals surface area contributed by atoms with E-state index in [2.05, 4.69) is 10.1 Å². The van der Waals surface area contributed by atoms with Gasteiger partial charge in [0, 0.05) is 6.54 Å². The molecule has 0 aromatic rings. The molecule has 0 amide bonds. The highest BCUT2D eigenvalue weighted by Crippen LogP contribution is 2.21. The van der Waals surface area contributed by atoms with E-state index in [1.54, 1.807) is 0 Å². The average molecular weight is 209 g/mol. The van der Waals surface area contributed by atoms with Crippen LogP contribution in [0.5, 0.6) is 0 Å². The number of alkyl halides is 2. The molecule has 1 atom stereocenters. The van der Waals surface area contributed by atoms with Gasteiger partial charge in [-0.05, 0) is 20.8 Å². The Morgan fingerprint density at radius 1 is 1.50 bits per heavy atom. The van der Waals surface area contributed by atoms with Crippen molar-refractivity contribution in [1.29, 1.82) is 0 Å². The number of nitrogens with one attached hydrogen (secondary N) is 1. The summed E-state index contributed by atoms with van der Waals surface area (Å²) < 4.78 is 35.4. The Hall–Kier alpha value is -0.260. The van der Waals surface area contributed by atoms with E-state index in [-0.39, 0.29) is 12.2 Å². The molecule has 1 aliphatic heterocycles. The minimum atomic E-state index is -3.07. The average Bonchev–Trinajstić information content (AvgIpc) is 1.98. The van der Waals surface area contributed by atoms with Crippen LogP contribution < -0.4 is 5.32 Å². The Bertz CT molecular complexity index is 192. The van der Waals surface area contributed by atoms with Gasteiger partial charge in [0.1, 0.15) is 0 Å². The van der Waals surface area contributed by atoms with Gasteiger partial charge in [-0.15, -0.1) is 0 Å². The number of hydrogen-bond acceptors (Lipinski definition) is 3. The van der Waals surface area contributed by atoms with E-state index in [4.69, 9.17) is 4.74 Å². The van der Waals surface area contributed by atoms with Gasteiger partial charge in [0.25, 0.3) is 0 Å². The molecular formula is C9H17F2NO2. The van der Waals surface area contributed by atoms with Crippen LogP contribution in [0.2, 0.25) is 0 Å². The summed E-state index contributed by atoms with van der Waals surface area (Å²) in [4.78, 5) is 0. The summed E-state index contributed by atoms with van der Waals surface area (Å²) in [5, 5.41) is 2.61. The van der Waals surface area contributed by atoms with Crippen LogP contribution in [0.1, 0.15) is 20.8 Å². The van der Waals surface area contributed by atoms with Crippen molar-refractivity contribution in [2.24, 2.45) is 0 Å². The zero-order valence-corrected chi connectivity index (χ0v) is 8.77. The van der Waals surface area contributed by atoms with Crippen molar-refractivity contribution in [3.05, 3.63) is 0 Å². The van der Waals surface area contributed by atoms with E-state index in [9.17, 15) is 8.78 Å². The van der Waals surface area contributed by atoms with Crippen molar-refractivity contribution >= 4 is 0 Å². The van der Waals surface area contributed by atoms with Crippen LogP contribution in [-0.4, -0.2) is 37.5 Å². The number of rotatable bonds is 2.